The third kappa shape index (κ3) is 24.4. The molecule has 1 aromatic carbocycles. The third-order valence-corrected chi connectivity index (χ3v) is 11.9. The van der Waals surface area contributed by atoms with Crippen LogP contribution in [0.15, 0.2) is 24.3 Å². The lowest BCUT2D eigenvalue weighted by Crippen LogP contribution is -2.61. The van der Waals surface area contributed by atoms with Crippen molar-refractivity contribution in [3.63, 3.8) is 0 Å². The standard InChI is InChI=1S/C48H86N2O10/c1-3-5-7-8-9-10-11-12-13-14-15-16-17-18-19-20-21-22-23-24-26-28-43(54)50-39(44(55)40(52)27-25-6-4-2)36-59-48-47(58)46(57)45(56)41(60-48)35-49-42(53)34-31-37-29-32-38(51)33-30-37/h29-30,32-33,39-41,44-48,51-52,55-58H,3-28,31,34-36H2,1-2H3,(H,49,53)(H,50,54)/t39-,40+,41+,44-,45-,46-,47+,48-/m0/s1. The molecular formula is C48H86N2O10. The number of carbonyl (C=O) groups excluding carboxylic acids is 2. The molecule has 0 radical (unpaired) electrons. The van der Waals surface area contributed by atoms with Crippen molar-refractivity contribution in [2.45, 2.75) is 243 Å². The summed E-state index contributed by atoms with van der Waals surface area (Å²) >= 11 is 0. The number of unbranched alkanes of at least 4 members (excludes halogenated alkanes) is 22. The van der Waals surface area contributed by atoms with Crippen molar-refractivity contribution in [1.82, 2.24) is 10.6 Å². The number of aryl methyl sites for hydroxylation is 1. The van der Waals surface area contributed by atoms with Gasteiger partial charge in [0.1, 0.15) is 36.3 Å². The Morgan fingerprint density at radius 1 is 0.633 bits per heavy atom. The molecule has 1 saturated heterocycles. The minimum absolute atomic E-state index is 0.131. The number of phenols is 1. The van der Waals surface area contributed by atoms with Gasteiger partial charge in [0, 0.05) is 19.4 Å². The highest BCUT2D eigenvalue weighted by Crippen LogP contribution is 2.23. The molecule has 60 heavy (non-hydrogen) atoms. The van der Waals surface area contributed by atoms with E-state index in [1.165, 1.54) is 109 Å². The van der Waals surface area contributed by atoms with Crippen LogP contribution >= 0.6 is 0 Å². The van der Waals surface area contributed by atoms with E-state index >= 15 is 0 Å². The number of nitrogens with one attached hydrogen (secondary N) is 2. The number of aromatic hydroxyl groups is 1. The maximum absolute atomic E-state index is 13.0. The summed E-state index contributed by atoms with van der Waals surface area (Å²) in [6, 6.07) is 5.49. The topological polar surface area (TPSA) is 198 Å². The first-order valence-electron chi connectivity index (χ1n) is 24.1. The number of aliphatic hydroxyl groups is 5. The van der Waals surface area contributed by atoms with Crippen LogP contribution in [0.4, 0.5) is 0 Å². The molecule has 12 nitrogen and oxygen atoms in total. The molecule has 12 heteroatoms. The van der Waals surface area contributed by atoms with Gasteiger partial charge >= 0.3 is 0 Å². The van der Waals surface area contributed by atoms with Crippen molar-refractivity contribution < 1.29 is 49.7 Å². The second-order valence-corrected chi connectivity index (χ2v) is 17.4. The summed E-state index contributed by atoms with van der Waals surface area (Å²) in [5.74, 6) is -0.475. The number of aliphatic hydroxyl groups excluding tert-OH is 5. The number of benzene rings is 1. The maximum Gasteiger partial charge on any atom is 0.220 e. The first-order chi connectivity index (χ1) is 29.1. The lowest BCUT2D eigenvalue weighted by Gasteiger charge is -2.41. The third-order valence-electron chi connectivity index (χ3n) is 11.9. The van der Waals surface area contributed by atoms with Crippen molar-refractivity contribution in [3.8, 4) is 5.75 Å². The highest BCUT2D eigenvalue weighted by molar-refractivity contribution is 5.76. The van der Waals surface area contributed by atoms with Crippen LogP contribution in [-0.2, 0) is 25.5 Å². The van der Waals surface area contributed by atoms with E-state index in [1.807, 2.05) is 6.92 Å². The summed E-state index contributed by atoms with van der Waals surface area (Å²) in [4.78, 5) is 25.6. The molecule has 0 saturated carbocycles. The molecule has 1 aliphatic heterocycles. The van der Waals surface area contributed by atoms with Crippen LogP contribution in [0.25, 0.3) is 0 Å². The van der Waals surface area contributed by atoms with Gasteiger partial charge < -0.3 is 50.7 Å². The number of hydrogen-bond acceptors (Lipinski definition) is 10. The highest BCUT2D eigenvalue weighted by atomic mass is 16.7. The summed E-state index contributed by atoms with van der Waals surface area (Å²) in [7, 11) is 0. The Hall–Kier alpha value is -2.32. The van der Waals surface area contributed by atoms with Gasteiger partial charge in [0.15, 0.2) is 6.29 Å². The molecule has 1 fully saturated rings. The largest absolute Gasteiger partial charge is 0.508 e. The lowest BCUT2D eigenvalue weighted by molar-refractivity contribution is -0.297. The van der Waals surface area contributed by atoms with Crippen LogP contribution in [0.3, 0.4) is 0 Å². The molecule has 1 heterocycles. The van der Waals surface area contributed by atoms with Crippen molar-refractivity contribution in [2.75, 3.05) is 13.2 Å². The Kier molecular flexibility index (Phi) is 30.7. The average Bonchev–Trinajstić information content (AvgIpc) is 3.24. The molecule has 0 spiro atoms. The van der Waals surface area contributed by atoms with Crippen LogP contribution in [0.1, 0.15) is 193 Å². The van der Waals surface area contributed by atoms with E-state index in [4.69, 9.17) is 9.47 Å². The van der Waals surface area contributed by atoms with Gasteiger partial charge in [-0.05, 0) is 37.0 Å². The molecule has 1 aliphatic rings. The summed E-state index contributed by atoms with van der Waals surface area (Å²) in [5, 5.41) is 68.7. The van der Waals surface area contributed by atoms with Gasteiger partial charge in [-0.3, -0.25) is 9.59 Å². The Morgan fingerprint density at radius 3 is 1.63 bits per heavy atom. The Balaban J connectivity index is 1.68. The number of rotatable bonds is 37. The fourth-order valence-corrected chi connectivity index (χ4v) is 7.91. The summed E-state index contributed by atoms with van der Waals surface area (Å²) in [6.07, 6.45) is 20.8. The zero-order valence-electron chi connectivity index (χ0n) is 37.5. The van der Waals surface area contributed by atoms with Crippen molar-refractivity contribution in [2.24, 2.45) is 0 Å². The van der Waals surface area contributed by atoms with E-state index in [0.717, 1.165) is 37.7 Å². The van der Waals surface area contributed by atoms with E-state index in [0.29, 0.717) is 25.7 Å². The van der Waals surface area contributed by atoms with Gasteiger partial charge in [-0.25, -0.2) is 0 Å². The van der Waals surface area contributed by atoms with Crippen LogP contribution in [-0.4, -0.2) is 105 Å². The minimum atomic E-state index is -1.65. The van der Waals surface area contributed by atoms with Gasteiger partial charge in [-0.2, -0.15) is 0 Å². The van der Waals surface area contributed by atoms with Crippen molar-refractivity contribution >= 4 is 11.8 Å². The average molecular weight is 851 g/mol. The maximum atomic E-state index is 13.0. The van der Waals surface area contributed by atoms with E-state index in [1.54, 1.807) is 24.3 Å². The number of phenolic OH excluding ortho intramolecular Hbond substituents is 1. The predicted molar refractivity (Wildman–Crippen MR) is 237 cm³/mol. The highest BCUT2D eigenvalue weighted by Gasteiger charge is 2.45. The van der Waals surface area contributed by atoms with E-state index in [2.05, 4.69) is 17.6 Å². The fraction of sp³-hybridized carbons (Fsp3) is 0.833. The zero-order chi connectivity index (χ0) is 43.8. The molecule has 0 aromatic heterocycles. The first kappa shape index (κ1) is 53.8. The summed E-state index contributed by atoms with van der Waals surface area (Å²) in [5.41, 5.74) is 0.860. The first-order valence-corrected chi connectivity index (χ1v) is 24.1. The summed E-state index contributed by atoms with van der Waals surface area (Å²) in [6.45, 7) is 3.80. The number of carbonyl (C=O) groups is 2. The summed E-state index contributed by atoms with van der Waals surface area (Å²) < 4.78 is 11.6. The Labute approximate surface area is 362 Å². The number of amides is 2. The van der Waals surface area contributed by atoms with Crippen LogP contribution < -0.4 is 10.6 Å². The SMILES string of the molecule is CCCCCCCCCCCCCCCCCCCCCCCC(=O)N[C@@H](CO[C@H]1O[C@H](CNC(=O)CCc2ccc(O)cc2)[C@H](O)[C@H](O)[C@H]1O)[C@H](O)[C@H](O)CCCCC. The molecule has 0 aliphatic carbocycles. The van der Waals surface area contributed by atoms with Gasteiger partial charge in [0.05, 0.1) is 18.8 Å². The van der Waals surface area contributed by atoms with Gasteiger partial charge in [0.2, 0.25) is 11.8 Å². The Bertz CT molecular complexity index is 1210. The quantitative estimate of drug-likeness (QED) is 0.0308. The number of ether oxygens (including phenoxy) is 2. The molecule has 0 unspecified atom stereocenters. The fourth-order valence-electron chi connectivity index (χ4n) is 7.91. The number of hydrogen-bond donors (Lipinski definition) is 8. The normalized spacial score (nSPS) is 20.8. The van der Waals surface area contributed by atoms with Gasteiger partial charge in [-0.1, -0.05) is 174 Å². The molecule has 2 rings (SSSR count). The monoisotopic (exact) mass is 851 g/mol. The van der Waals surface area contributed by atoms with E-state index in [-0.39, 0.29) is 43.6 Å². The van der Waals surface area contributed by atoms with E-state index in [9.17, 15) is 40.2 Å². The van der Waals surface area contributed by atoms with Crippen LogP contribution in [0.2, 0.25) is 0 Å². The van der Waals surface area contributed by atoms with Gasteiger partial charge in [-0.15, -0.1) is 0 Å². The smallest absolute Gasteiger partial charge is 0.220 e. The Morgan fingerprint density at radius 2 is 1.12 bits per heavy atom. The molecule has 1 aromatic rings. The molecule has 2 amide bonds. The van der Waals surface area contributed by atoms with Crippen molar-refractivity contribution in [3.05, 3.63) is 29.8 Å². The lowest BCUT2D eigenvalue weighted by atomic mass is 9.98. The minimum Gasteiger partial charge on any atom is -0.508 e. The second-order valence-electron chi connectivity index (χ2n) is 17.4. The molecule has 8 N–H and O–H groups in total. The zero-order valence-corrected chi connectivity index (χ0v) is 37.5. The van der Waals surface area contributed by atoms with Crippen molar-refractivity contribution in [1.29, 1.82) is 0 Å². The van der Waals surface area contributed by atoms with Crippen LogP contribution in [0.5, 0.6) is 5.75 Å². The van der Waals surface area contributed by atoms with Gasteiger partial charge in [0.25, 0.3) is 0 Å². The predicted octanol–water partition coefficient (Wildman–Crippen LogP) is 7.65. The molecule has 8 atom stereocenters. The second kappa shape index (κ2) is 34.2. The molecular weight excluding hydrogens is 765 g/mol. The van der Waals surface area contributed by atoms with E-state index < -0.39 is 49.0 Å². The van der Waals surface area contributed by atoms with Crippen LogP contribution in [0, 0.1) is 0 Å². The molecule has 0 bridgehead atoms. The molecule has 348 valence electrons.